The maximum absolute atomic E-state index is 12.6. The number of amides is 2. The van der Waals surface area contributed by atoms with E-state index in [2.05, 4.69) is 20.2 Å². The Hall–Kier alpha value is -1.98. The van der Waals surface area contributed by atoms with Crippen LogP contribution < -0.4 is 5.32 Å². The van der Waals surface area contributed by atoms with E-state index >= 15 is 0 Å². The minimum atomic E-state index is -0.161. The number of nitrogens with zero attached hydrogens (tertiary/aromatic N) is 3. The molecule has 2 aliphatic heterocycles. The van der Waals surface area contributed by atoms with Crippen LogP contribution in [0.5, 0.6) is 0 Å². The molecule has 1 unspecified atom stereocenters. The number of aryl methyl sites for hydroxylation is 1. The fourth-order valence-electron chi connectivity index (χ4n) is 4.29. The summed E-state index contributed by atoms with van der Waals surface area (Å²) in [6, 6.07) is 0.723. The topological polar surface area (TPSA) is 75.2 Å². The molecule has 1 aromatic rings. The van der Waals surface area contributed by atoms with E-state index in [0.717, 1.165) is 44.2 Å². The number of carbonyl (C=O) groups excluding carboxylic acids is 2. The fraction of sp³-hybridized carbons (Fsp3) is 0.667. The third-order valence-corrected chi connectivity index (χ3v) is 5.79. The third kappa shape index (κ3) is 2.78. The van der Waals surface area contributed by atoms with Gasteiger partial charge in [0.25, 0.3) is 5.91 Å². The molecule has 6 heteroatoms. The predicted molar refractivity (Wildman–Crippen MR) is 88.3 cm³/mol. The lowest BCUT2D eigenvalue weighted by Crippen LogP contribution is -2.54. The van der Waals surface area contributed by atoms with E-state index in [1.54, 1.807) is 6.20 Å². The van der Waals surface area contributed by atoms with Crippen LogP contribution in [0, 0.1) is 12.8 Å². The molecule has 1 aromatic heterocycles. The van der Waals surface area contributed by atoms with Crippen molar-refractivity contribution in [2.45, 2.75) is 70.0 Å². The Labute approximate surface area is 142 Å². The first kappa shape index (κ1) is 15.5. The lowest BCUT2D eigenvalue weighted by molar-refractivity contribution is -0.143. The summed E-state index contributed by atoms with van der Waals surface area (Å²) in [6.07, 6.45) is 10.3. The van der Waals surface area contributed by atoms with Crippen molar-refractivity contribution in [1.82, 2.24) is 20.2 Å². The smallest absolute Gasteiger partial charge is 0.271 e. The Kier molecular flexibility index (Phi) is 3.98. The molecule has 6 nitrogen and oxygen atoms in total. The Balaban J connectivity index is 1.38. The Morgan fingerprint density at radius 3 is 2.33 bits per heavy atom. The number of fused-ring (bicyclic) bond motifs is 2. The molecule has 3 aliphatic rings. The molecule has 2 bridgehead atoms. The maximum Gasteiger partial charge on any atom is 0.271 e. The van der Waals surface area contributed by atoms with Gasteiger partial charge in [-0.05, 0) is 45.4 Å². The van der Waals surface area contributed by atoms with Crippen LogP contribution in [0.4, 0.5) is 0 Å². The van der Waals surface area contributed by atoms with E-state index in [9.17, 15) is 9.59 Å². The van der Waals surface area contributed by atoms with E-state index in [-0.39, 0.29) is 17.9 Å². The van der Waals surface area contributed by atoms with E-state index < -0.39 is 0 Å². The van der Waals surface area contributed by atoms with Crippen molar-refractivity contribution in [1.29, 1.82) is 0 Å². The van der Waals surface area contributed by atoms with Gasteiger partial charge in [0, 0.05) is 30.2 Å². The molecule has 2 amide bonds. The zero-order valence-corrected chi connectivity index (χ0v) is 14.1. The number of rotatable bonds is 3. The van der Waals surface area contributed by atoms with Gasteiger partial charge in [0.1, 0.15) is 5.69 Å². The molecule has 0 radical (unpaired) electrons. The summed E-state index contributed by atoms with van der Waals surface area (Å²) in [4.78, 5) is 35.4. The molecular weight excluding hydrogens is 304 g/mol. The maximum atomic E-state index is 12.6. The van der Waals surface area contributed by atoms with Crippen LogP contribution in [0.15, 0.2) is 12.4 Å². The molecule has 3 fully saturated rings. The van der Waals surface area contributed by atoms with Gasteiger partial charge in [-0.15, -0.1) is 0 Å². The Morgan fingerprint density at radius 1 is 1.08 bits per heavy atom. The molecule has 4 rings (SSSR count). The van der Waals surface area contributed by atoms with Gasteiger partial charge in [-0.2, -0.15) is 0 Å². The van der Waals surface area contributed by atoms with Gasteiger partial charge in [-0.25, -0.2) is 4.98 Å². The summed E-state index contributed by atoms with van der Waals surface area (Å²) in [5.74, 6) is 0.468. The summed E-state index contributed by atoms with van der Waals surface area (Å²) in [5.41, 5.74) is 1.16. The number of aromatic nitrogens is 2. The zero-order valence-electron chi connectivity index (χ0n) is 14.1. The summed E-state index contributed by atoms with van der Waals surface area (Å²) >= 11 is 0. The van der Waals surface area contributed by atoms with Crippen molar-refractivity contribution in [3.63, 3.8) is 0 Å². The number of hydrogen-bond acceptors (Lipinski definition) is 4. The lowest BCUT2D eigenvalue weighted by Gasteiger charge is -2.42. The van der Waals surface area contributed by atoms with Crippen molar-refractivity contribution in [3.05, 3.63) is 23.8 Å². The number of nitrogens with one attached hydrogen (secondary N) is 1. The molecule has 1 N–H and O–H groups in total. The number of carbonyl (C=O) groups is 2. The van der Waals surface area contributed by atoms with Crippen molar-refractivity contribution in [2.75, 3.05) is 0 Å². The third-order valence-electron chi connectivity index (χ3n) is 5.79. The normalized spacial score (nSPS) is 29.2. The van der Waals surface area contributed by atoms with Gasteiger partial charge >= 0.3 is 0 Å². The molecule has 24 heavy (non-hydrogen) atoms. The minimum absolute atomic E-state index is 0.128. The van der Waals surface area contributed by atoms with Crippen molar-refractivity contribution < 1.29 is 9.59 Å². The minimum Gasteiger partial charge on any atom is -0.348 e. The first-order valence-corrected chi connectivity index (χ1v) is 9.03. The van der Waals surface area contributed by atoms with Crippen LogP contribution in [0.1, 0.15) is 61.1 Å². The van der Waals surface area contributed by atoms with Crippen LogP contribution >= 0.6 is 0 Å². The monoisotopic (exact) mass is 328 g/mol. The second kappa shape index (κ2) is 6.15. The SMILES string of the molecule is Cc1cnc(C(=O)NC2C[C@H]3CC[C@@H](C2)N3C(=O)C2CCC2)cn1. The van der Waals surface area contributed by atoms with Crippen molar-refractivity contribution >= 4 is 11.8 Å². The summed E-state index contributed by atoms with van der Waals surface area (Å²) in [5, 5.41) is 3.09. The lowest BCUT2D eigenvalue weighted by atomic mass is 9.83. The Bertz CT molecular complexity index is 627. The molecule has 2 saturated heterocycles. The average Bonchev–Trinajstić information content (AvgIpc) is 2.77. The van der Waals surface area contributed by atoms with Gasteiger partial charge in [-0.1, -0.05) is 6.42 Å². The molecule has 3 atom stereocenters. The molecule has 0 aromatic carbocycles. The van der Waals surface area contributed by atoms with Crippen molar-refractivity contribution in [2.24, 2.45) is 5.92 Å². The molecule has 128 valence electrons. The van der Waals surface area contributed by atoms with Gasteiger partial charge in [0.15, 0.2) is 0 Å². The van der Waals surface area contributed by atoms with Gasteiger partial charge in [0.05, 0.1) is 11.9 Å². The fourth-order valence-corrected chi connectivity index (χ4v) is 4.29. The van der Waals surface area contributed by atoms with E-state index in [0.29, 0.717) is 23.7 Å². The summed E-state index contributed by atoms with van der Waals surface area (Å²) in [6.45, 7) is 1.85. The van der Waals surface area contributed by atoms with Crippen LogP contribution in [0.25, 0.3) is 0 Å². The predicted octanol–water partition coefficient (Wildman–Crippen LogP) is 1.84. The molecule has 3 heterocycles. The van der Waals surface area contributed by atoms with Gasteiger partial charge in [0.2, 0.25) is 5.91 Å². The summed E-state index contributed by atoms with van der Waals surface area (Å²) < 4.78 is 0. The largest absolute Gasteiger partial charge is 0.348 e. The van der Waals surface area contributed by atoms with Crippen LogP contribution in [0.2, 0.25) is 0 Å². The highest BCUT2D eigenvalue weighted by Gasteiger charge is 2.45. The molecule has 0 spiro atoms. The second-order valence-corrected chi connectivity index (χ2v) is 7.44. The van der Waals surface area contributed by atoms with Gasteiger partial charge in [-0.3, -0.25) is 14.6 Å². The number of piperidine rings is 1. The first-order valence-electron chi connectivity index (χ1n) is 9.03. The van der Waals surface area contributed by atoms with Gasteiger partial charge < -0.3 is 10.2 Å². The molecule has 1 aliphatic carbocycles. The quantitative estimate of drug-likeness (QED) is 0.918. The van der Waals surface area contributed by atoms with Crippen LogP contribution in [0.3, 0.4) is 0 Å². The highest BCUT2D eigenvalue weighted by Crippen LogP contribution is 2.39. The average molecular weight is 328 g/mol. The molecular formula is C18H24N4O2. The van der Waals surface area contributed by atoms with Crippen LogP contribution in [-0.4, -0.2) is 44.8 Å². The van der Waals surface area contributed by atoms with E-state index in [1.807, 2.05) is 6.92 Å². The zero-order chi connectivity index (χ0) is 16.7. The summed E-state index contributed by atoms with van der Waals surface area (Å²) in [7, 11) is 0. The second-order valence-electron chi connectivity index (χ2n) is 7.44. The highest BCUT2D eigenvalue weighted by atomic mass is 16.2. The number of hydrogen-bond donors (Lipinski definition) is 1. The Morgan fingerprint density at radius 2 is 1.79 bits per heavy atom. The standard InChI is InChI=1S/C18H24N4O2/c1-11-9-20-16(10-19-11)17(23)21-13-7-14-5-6-15(8-13)22(14)18(24)12-3-2-4-12/h9-10,12-15H,2-8H2,1H3,(H,21,23)/t13?,14-,15+. The molecule has 1 saturated carbocycles. The van der Waals surface area contributed by atoms with Crippen molar-refractivity contribution in [3.8, 4) is 0 Å². The van der Waals surface area contributed by atoms with E-state index in [4.69, 9.17) is 0 Å². The van der Waals surface area contributed by atoms with E-state index in [1.165, 1.54) is 12.6 Å². The first-order chi connectivity index (χ1) is 11.6. The highest BCUT2D eigenvalue weighted by molar-refractivity contribution is 5.92. The van der Waals surface area contributed by atoms with Crippen LogP contribution in [-0.2, 0) is 4.79 Å².